The first kappa shape index (κ1) is 12.8. The number of primary amides is 1. The molecule has 6 heteroatoms. The maximum absolute atomic E-state index is 11.0. The number of nitrogens with zero attached hydrogens (tertiary/aromatic N) is 3. The van der Waals surface area contributed by atoms with Gasteiger partial charge in [0.1, 0.15) is 5.82 Å². The fraction of sp³-hybridized carbons (Fsp3) is 0.500. The number of pyridine rings is 1. The molecule has 1 aliphatic heterocycles. The number of anilines is 1. The van der Waals surface area contributed by atoms with Crippen molar-refractivity contribution in [3.8, 4) is 0 Å². The smallest absolute Gasteiger partial charge is 0.250 e. The van der Waals surface area contributed by atoms with E-state index in [1.165, 1.54) is 6.20 Å². The van der Waals surface area contributed by atoms with Gasteiger partial charge < -0.3 is 16.4 Å². The predicted octanol–water partition coefficient (Wildman–Crippen LogP) is -0.739. The number of rotatable bonds is 4. The van der Waals surface area contributed by atoms with Crippen molar-refractivity contribution in [3.63, 3.8) is 0 Å². The fourth-order valence-electron chi connectivity index (χ4n) is 2.10. The van der Waals surface area contributed by atoms with Gasteiger partial charge in [-0.25, -0.2) is 4.98 Å². The second-order valence-corrected chi connectivity index (χ2v) is 4.39. The van der Waals surface area contributed by atoms with Crippen LogP contribution in [0.4, 0.5) is 5.82 Å². The van der Waals surface area contributed by atoms with Crippen LogP contribution in [0.25, 0.3) is 0 Å². The molecule has 0 atom stereocenters. The maximum Gasteiger partial charge on any atom is 0.250 e. The molecule has 18 heavy (non-hydrogen) atoms. The van der Waals surface area contributed by atoms with Gasteiger partial charge in [-0.3, -0.25) is 9.69 Å². The van der Waals surface area contributed by atoms with Crippen molar-refractivity contribution in [2.24, 2.45) is 11.5 Å². The molecule has 0 bridgehead atoms. The van der Waals surface area contributed by atoms with E-state index in [9.17, 15) is 4.79 Å². The first-order chi connectivity index (χ1) is 8.70. The number of aromatic nitrogens is 1. The lowest BCUT2D eigenvalue weighted by molar-refractivity contribution is 0.1000. The summed E-state index contributed by atoms with van der Waals surface area (Å²) in [6, 6.07) is 3.57. The van der Waals surface area contributed by atoms with Gasteiger partial charge in [-0.1, -0.05) is 0 Å². The van der Waals surface area contributed by atoms with E-state index in [0.29, 0.717) is 12.1 Å². The number of amides is 1. The Bertz CT molecular complexity index is 397. The number of nitrogens with two attached hydrogens (primary N) is 2. The minimum Gasteiger partial charge on any atom is -0.366 e. The summed E-state index contributed by atoms with van der Waals surface area (Å²) >= 11 is 0. The highest BCUT2D eigenvalue weighted by atomic mass is 16.1. The molecule has 1 aromatic rings. The Hall–Kier alpha value is -1.66. The quantitative estimate of drug-likeness (QED) is 0.734. The zero-order chi connectivity index (χ0) is 13.0. The van der Waals surface area contributed by atoms with Crippen LogP contribution in [0.5, 0.6) is 0 Å². The molecule has 1 fully saturated rings. The van der Waals surface area contributed by atoms with Gasteiger partial charge in [0, 0.05) is 45.5 Å². The summed E-state index contributed by atoms with van der Waals surface area (Å²) in [5.41, 5.74) is 11.2. The third-order valence-corrected chi connectivity index (χ3v) is 3.17. The van der Waals surface area contributed by atoms with Gasteiger partial charge in [0.25, 0.3) is 0 Å². The van der Waals surface area contributed by atoms with Crippen molar-refractivity contribution >= 4 is 11.7 Å². The minimum absolute atomic E-state index is 0.443. The van der Waals surface area contributed by atoms with Crippen molar-refractivity contribution in [2.75, 3.05) is 44.2 Å². The van der Waals surface area contributed by atoms with Gasteiger partial charge >= 0.3 is 0 Å². The van der Waals surface area contributed by atoms with Crippen molar-refractivity contribution in [3.05, 3.63) is 23.9 Å². The molecular weight excluding hydrogens is 230 g/mol. The molecule has 0 spiro atoms. The number of carbonyl (C=O) groups is 1. The summed E-state index contributed by atoms with van der Waals surface area (Å²) in [5, 5.41) is 0. The molecule has 0 saturated carbocycles. The lowest BCUT2D eigenvalue weighted by Crippen LogP contribution is -2.48. The van der Waals surface area contributed by atoms with Crippen LogP contribution in [0, 0.1) is 0 Å². The van der Waals surface area contributed by atoms with E-state index >= 15 is 0 Å². The first-order valence-corrected chi connectivity index (χ1v) is 6.14. The molecular formula is C12H19N5O. The molecule has 0 radical (unpaired) electrons. The number of piperazine rings is 1. The van der Waals surface area contributed by atoms with E-state index < -0.39 is 5.91 Å². The molecule has 1 aliphatic rings. The highest BCUT2D eigenvalue weighted by Crippen LogP contribution is 2.13. The largest absolute Gasteiger partial charge is 0.366 e. The predicted molar refractivity (Wildman–Crippen MR) is 70.5 cm³/mol. The Balaban J connectivity index is 1.95. The maximum atomic E-state index is 11.0. The van der Waals surface area contributed by atoms with Gasteiger partial charge in [-0.15, -0.1) is 0 Å². The summed E-state index contributed by atoms with van der Waals surface area (Å²) in [5.74, 6) is 0.453. The third-order valence-electron chi connectivity index (χ3n) is 3.17. The molecule has 1 saturated heterocycles. The number of hydrogen-bond donors (Lipinski definition) is 2. The van der Waals surface area contributed by atoms with Crippen LogP contribution < -0.4 is 16.4 Å². The first-order valence-electron chi connectivity index (χ1n) is 6.14. The fourth-order valence-corrected chi connectivity index (χ4v) is 2.10. The minimum atomic E-state index is -0.443. The van der Waals surface area contributed by atoms with E-state index in [4.69, 9.17) is 11.5 Å². The van der Waals surface area contributed by atoms with E-state index in [2.05, 4.69) is 14.8 Å². The van der Waals surface area contributed by atoms with Crippen molar-refractivity contribution < 1.29 is 4.79 Å². The van der Waals surface area contributed by atoms with Crippen molar-refractivity contribution in [1.82, 2.24) is 9.88 Å². The molecule has 0 aliphatic carbocycles. The molecule has 1 amide bonds. The Morgan fingerprint density at radius 1 is 1.28 bits per heavy atom. The monoisotopic (exact) mass is 249 g/mol. The van der Waals surface area contributed by atoms with Crippen LogP contribution in [0.2, 0.25) is 0 Å². The molecule has 98 valence electrons. The molecule has 2 rings (SSSR count). The Morgan fingerprint density at radius 3 is 2.50 bits per heavy atom. The molecule has 4 N–H and O–H groups in total. The molecule has 1 aromatic heterocycles. The van der Waals surface area contributed by atoms with Gasteiger partial charge in [-0.05, 0) is 12.1 Å². The number of carbonyl (C=O) groups excluding carboxylic acids is 1. The van der Waals surface area contributed by atoms with E-state index in [1.807, 2.05) is 6.07 Å². The lowest BCUT2D eigenvalue weighted by Gasteiger charge is -2.35. The summed E-state index contributed by atoms with van der Waals surface area (Å²) in [6.45, 7) is 5.51. The zero-order valence-corrected chi connectivity index (χ0v) is 10.4. The topological polar surface area (TPSA) is 88.5 Å². The highest BCUT2D eigenvalue weighted by Gasteiger charge is 2.17. The second kappa shape index (κ2) is 5.79. The van der Waals surface area contributed by atoms with Crippen LogP contribution in [0.1, 0.15) is 10.4 Å². The van der Waals surface area contributed by atoms with Crippen molar-refractivity contribution in [2.45, 2.75) is 0 Å². The summed E-state index contributed by atoms with van der Waals surface area (Å²) in [4.78, 5) is 19.8. The third kappa shape index (κ3) is 2.96. The van der Waals surface area contributed by atoms with Crippen LogP contribution in [-0.4, -0.2) is 55.1 Å². The molecule has 0 unspecified atom stereocenters. The second-order valence-electron chi connectivity index (χ2n) is 4.39. The average Bonchev–Trinajstić information content (AvgIpc) is 2.40. The van der Waals surface area contributed by atoms with Gasteiger partial charge in [-0.2, -0.15) is 0 Å². The average molecular weight is 249 g/mol. The molecule has 2 heterocycles. The Labute approximate surface area is 107 Å². The van der Waals surface area contributed by atoms with Gasteiger partial charge in [0.2, 0.25) is 5.91 Å². The van der Waals surface area contributed by atoms with Crippen LogP contribution in [-0.2, 0) is 0 Å². The zero-order valence-electron chi connectivity index (χ0n) is 10.4. The molecule has 6 nitrogen and oxygen atoms in total. The van der Waals surface area contributed by atoms with Crippen LogP contribution in [0.3, 0.4) is 0 Å². The van der Waals surface area contributed by atoms with E-state index in [0.717, 1.165) is 38.5 Å². The normalized spacial score (nSPS) is 16.8. The highest BCUT2D eigenvalue weighted by molar-refractivity contribution is 5.92. The van der Waals surface area contributed by atoms with Gasteiger partial charge in [0.15, 0.2) is 0 Å². The van der Waals surface area contributed by atoms with E-state index in [-0.39, 0.29) is 0 Å². The Morgan fingerprint density at radius 2 is 2.00 bits per heavy atom. The standard InChI is InChI=1S/C12H19N5O/c13-3-4-16-5-7-17(8-6-16)11-2-1-10(9-15-11)12(14)18/h1-2,9H,3-8,13H2,(H2,14,18). The van der Waals surface area contributed by atoms with Crippen LogP contribution in [0.15, 0.2) is 18.3 Å². The Kier molecular flexibility index (Phi) is 4.11. The van der Waals surface area contributed by atoms with E-state index in [1.54, 1.807) is 6.07 Å². The summed E-state index contributed by atoms with van der Waals surface area (Å²) < 4.78 is 0. The van der Waals surface area contributed by atoms with Crippen molar-refractivity contribution in [1.29, 1.82) is 0 Å². The SMILES string of the molecule is NCCN1CCN(c2ccc(C(N)=O)cn2)CC1. The summed E-state index contributed by atoms with van der Waals surface area (Å²) in [6.07, 6.45) is 1.53. The number of hydrogen-bond acceptors (Lipinski definition) is 5. The van der Waals surface area contributed by atoms with Gasteiger partial charge in [0.05, 0.1) is 5.56 Å². The lowest BCUT2D eigenvalue weighted by atomic mass is 10.2. The molecule has 0 aromatic carbocycles. The summed E-state index contributed by atoms with van der Waals surface area (Å²) in [7, 11) is 0. The van der Waals surface area contributed by atoms with Crippen LogP contribution >= 0.6 is 0 Å².